The van der Waals surface area contributed by atoms with Crippen molar-refractivity contribution in [1.29, 1.82) is 0 Å². The van der Waals surface area contributed by atoms with Crippen LogP contribution in [0.1, 0.15) is 33.6 Å². The van der Waals surface area contributed by atoms with Crippen LogP contribution >= 0.6 is 0 Å². The average molecular weight is 244 g/mol. The Hall–Kier alpha value is -1.10. The predicted molar refractivity (Wildman–Crippen MR) is 66.6 cm³/mol. The van der Waals surface area contributed by atoms with Crippen molar-refractivity contribution in [2.75, 3.05) is 26.7 Å². The summed E-state index contributed by atoms with van der Waals surface area (Å²) >= 11 is 0. The number of esters is 1. The van der Waals surface area contributed by atoms with Crippen LogP contribution in [0.3, 0.4) is 0 Å². The van der Waals surface area contributed by atoms with Gasteiger partial charge in [0.15, 0.2) is 0 Å². The fourth-order valence-corrected chi connectivity index (χ4v) is 1.27. The Morgan fingerprint density at radius 3 is 2.53 bits per heavy atom. The Morgan fingerprint density at radius 2 is 2.00 bits per heavy atom. The van der Waals surface area contributed by atoms with Crippen LogP contribution in [-0.4, -0.2) is 49.6 Å². The number of carbonyl (C=O) groups excluding carboxylic acids is 2. The van der Waals surface area contributed by atoms with Crippen LogP contribution in [0.2, 0.25) is 0 Å². The van der Waals surface area contributed by atoms with E-state index in [-0.39, 0.29) is 18.4 Å². The molecule has 0 aliphatic carbocycles. The Labute approximate surface area is 103 Å². The Morgan fingerprint density at radius 1 is 1.35 bits per heavy atom. The van der Waals surface area contributed by atoms with E-state index in [4.69, 9.17) is 4.74 Å². The summed E-state index contributed by atoms with van der Waals surface area (Å²) in [6.07, 6.45) is 2.03. The van der Waals surface area contributed by atoms with Crippen LogP contribution in [0.4, 0.5) is 0 Å². The van der Waals surface area contributed by atoms with E-state index < -0.39 is 6.04 Å². The molecule has 0 fully saturated rings. The number of likely N-dealkylation sites (N-methyl/N-ethyl adjacent to an activating group) is 1. The summed E-state index contributed by atoms with van der Waals surface area (Å²) in [5, 5.41) is 2.81. The normalized spacial score (nSPS) is 12.3. The van der Waals surface area contributed by atoms with Crippen molar-refractivity contribution in [2.45, 2.75) is 39.7 Å². The zero-order valence-electron chi connectivity index (χ0n) is 11.3. The average Bonchev–Trinajstić information content (AvgIpc) is 2.28. The van der Waals surface area contributed by atoms with Crippen molar-refractivity contribution in [1.82, 2.24) is 10.2 Å². The van der Waals surface area contributed by atoms with Gasteiger partial charge in [0.1, 0.15) is 6.04 Å². The van der Waals surface area contributed by atoms with Gasteiger partial charge in [0.05, 0.1) is 13.2 Å². The van der Waals surface area contributed by atoms with Crippen molar-refractivity contribution < 1.29 is 14.3 Å². The van der Waals surface area contributed by atoms with Crippen LogP contribution < -0.4 is 5.32 Å². The number of hydrogen-bond donors (Lipinski definition) is 1. The maximum absolute atomic E-state index is 11.5. The molecule has 0 aliphatic heterocycles. The van der Waals surface area contributed by atoms with Crippen molar-refractivity contribution >= 4 is 11.9 Å². The molecule has 0 aromatic carbocycles. The highest BCUT2D eigenvalue weighted by Gasteiger charge is 2.20. The van der Waals surface area contributed by atoms with Crippen LogP contribution in [0.15, 0.2) is 0 Å². The fraction of sp³-hybridized carbons (Fsp3) is 0.833. The molecule has 0 bridgehead atoms. The number of amides is 1. The van der Waals surface area contributed by atoms with Gasteiger partial charge in [0.2, 0.25) is 5.91 Å². The highest BCUT2D eigenvalue weighted by atomic mass is 16.5. The summed E-state index contributed by atoms with van der Waals surface area (Å²) in [4.78, 5) is 24.6. The number of unbranched alkanes of at least 4 members (excludes halogenated alkanes) is 1. The number of nitrogens with zero attached hydrogens (tertiary/aromatic N) is 1. The molecule has 5 nitrogen and oxygen atoms in total. The monoisotopic (exact) mass is 244 g/mol. The lowest BCUT2D eigenvalue weighted by atomic mass is 10.3. The predicted octanol–water partition coefficient (Wildman–Crippen LogP) is 0.786. The van der Waals surface area contributed by atoms with Gasteiger partial charge in [0.25, 0.3) is 0 Å². The van der Waals surface area contributed by atoms with Crippen LogP contribution in [-0.2, 0) is 14.3 Å². The minimum Gasteiger partial charge on any atom is -0.465 e. The molecule has 17 heavy (non-hydrogen) atoms. The van der Waals surface area contributed by atoms with Crippen LogP contribution in [0, 0.1) is 0 Å². The first kappa shape index (κ1) is 15.9. The highest BCUT2D eigenvalue weighted by molar-refractivity contribution is 5.80. The van der Waals surface area contributed by atoms with E-state index in [1.54, 1.807) is 25.8 Å². The number of rotatable bonds is 8. The van der Waals surface area contributed by atoms with Crippen molar-refractivity contribution in [2.24, 2.45) is 0 Å². The number of nitrogens with one attached hydrogen (secondary N) is 1. The Balaban J connectivity index is 3.93. The zero-order valence-corrected chi connectivity index (χ0v) is 11.3. The van der Waals surface area contributed by atoms with E-state index in [1.807, 2.05) is 0 Å². The first-order valence-electron chi connectivity index (χ1n) is 6.16. The SMILES string of the molecule is CCCCNC(=O)CN(C)[C@H](C)C(=O)OCC. The van der Waals surface area contributed by atoms with Crippen molar-refractivity contribution in [3.63, 3.8) is 0 Å². The van der Waals surface area contributed by atoms with E-state index >= 15 is 0 Å². The molecule has 0 rings (SSSR count). The summed E-state index contributed by atoms with van der Waals surface area (Å²) in [7, 11) is 1.74. The molecule has 1 N–H and O–H groups in total. The molecular weight excluding hydrogens is 220 g/mol. The van der Waals surface area contributed by atoms with Gasteiger partial charge in [-0.3, -0.25) is 14.5 Å². The lowest BCUT2D eigenvalue weighted by Gasteiger charge is -2.22. The molecule has 0 unspecified atom stereocenters. The first-order chi connectivity index (χ1) is 8.02. The van der Waals surface area contributed by atoms with Gasteiger partial charge >= 0.3 is 5.97 Å². The van der Waals surface area contributed by atoms with Gasteiger partial charge in [-0.05, 0) is 27.3 Å². The van der Waals surface area contributed by atoms with Gasteiger partial charge in [-0.1, -0.05) is 13.3 Å². The number of carbonyl (C=O) groups is 2. The second-order valence-electron chi connectivity index (χ2n) is 4.05. The molecule has 0 saturated heterocycles. The second kappa shape index (κ2) is 8.98. The Kier molecular flexibility index (Phi) is 8.40. The molecule has 1 amide bonds. The minimum absolute atomic E-state index is 0.0582. The van der Waals surface area contributed by atoms with Crippen LogP contribution in [0.25, 0.3) is 0 Å². The van der Waals surface area contributed by atoms with Gasteiger partial charge in [-0.25, -0.2) is 0 Å². The lowest BCUT2D eigenvalue weighted by molar-refractivity contribution is -0.148. The maximum Gasteiger partial charge on any atom is 0.323 e. The van der Waals surface area contributed by atoms with Crippen LogP contribution in [0.5, 0.6) is 0 Å². The highest BCUT2D eigenvalue weighted by Crippen LogP contribution is 1.98. The summed E-state index contributed by atoms with van der Waals surface area (Å²) in [5.41, 5.74) is 0. The topological polar surface area (TPSA) is 58.6 Å². The molecule has 0 radical (unpaired) electrons. The summed E-state index contributed by atoms with van der Waals surface area (Å²) in [6.45, 7) is 6.83. The minimum atomic E-state index is -0.396. The molecule has 0 saturated carbocycles. The van der Waals surface area contributed by atoms with Crippen molar-refractivity contribution in [3.8, 4) is 0 Å². The van der Waals surface area contributed by atoms with E-state index in [0.29, 0.717) is 13.2 Å². The molecule has 0 heterocycles. The maximum atomic E-state index is 11.5. The third kappa shape index (κ3) is 6.94. The van der Waals surface area contributed by atoms with E-state index in [9.17, 15) is 9.59 Å². The third-order valence-corrected chi connectivity index (χ3v) is 2.53. The number of ether oxygens (including phenoxy) is 1. The third-order valence-electron chi connectivity index (χ3n) is 2.53. The largest absolute Gasteiger partial charge is 0.465 e. The van der Waals surface area contributed by atoms with Gasteiger partial charge < -0.3 is 10.1 Å². The van der Waals surface area contributed by atoms with Crippen molar-refractivity contribution in [3.05, 3.63) is 0 Å². The summed E-state index contributed by atoms with van der Waals surface area (Å²) in [5.74, 6) is -0.353. The molecule has 0 aromatic heterocycles. The number of hydrogen-bond acceptors (Lipinski definition) is 4. The smallest absolute Gasteiger partial charge is 0.323 e. The molecule has 100 valence electrons. The molecule has 0 spiro atoms. The Bertz CT molecular complexity index is 244. The molecule has 0 aromatic rings. The fourth-order valence-electron chi connectivity index (χ4n) is 1.27. The quantitative estimate of drug-likeness (QED) is 0.506. The van der Waals surface area contributed by atoms with Gasteiger partial charge in [-0.2, -0.15) is 0 Å². The lowest BCUT2D eigenvalue weighted by Crippen LogP contribution is -2.43. The zero-order chi connectivity index (χ0) is 13.3. The first-order valence-corrected chi connectivity index (χ1v) is 6.16. The van der Waals surface area contributed by atoms with E-state index in [1.165, 1.54) is 0 Å². The second-order valence-corrected chi connectivity index (χ2v) is 4.05. The van der Waals surface area contributed by atoms with E-state index in [0.717, 1.165) is 12.8 Å². The molecule has 1 atom stereocenters. The summed E-state index contributed by atoms with van der Waals surface area (Å²) < 4.78 is 4.89. The van der Waals surface area contributed by atoms with E-state index in [2.05, 4.69) is 12.2 Å². The molecule has 0 aliphatic rings. The molecular formula is C12H24N2O3. The standard InChI is InChI=1S/C12H24N2O3/c1-5-7-8-13-11(15)9-14(4)10(3)12(16)17-6-2/h10H,5-9H2,1-4H3,(H,13,15)/t10-/m1/s1. The molecule has 5 heteroatoms. The van der Waals surface area contributed by atoms with Gasteiger partial charge in [0, 0.05) is 6.54 Å². The summed E-state index contributed by atoms with van der Waals surface area (Å²) in [6, 6.07) is -0.396. The van der Waals surface area contributed by atoms with Gasteiger partial charge in [-0.15, -0.1) is 0 Å².